The Kier molecular flexibility index (Phi) is 11.4. The van der Waals surface area contributed by atoms with Crippen molar-refractivity contribution in [3.8, 4) is 0 Å². The molecule has 18 nitrogen and oxygen atoms in total. The van der Waals surface area contributed by atoms with Gasteiger partial charge in [0.1, 0.15) is 23.6 Å². The number of nitrogens with one attached hydrogen (secondary N) is 2. The molecule has 0 bridgehead atoms. The molecule has 4 saturated heterocycles. The first-order valence-electron chi connectivity index (χ1n) is 22.1. The topological polar surface area (TPSA) is 178 Å². The average molecular weight is 889 g/mol. The fourth-order valence-corrected chi connectivity index (χ4v) is 10.1. The third-order valence-electron chi connectivity index (χ3n) is 13.6. The molecule has 3 amide bonds. The van der Waals surface area contributed by atoms with Crippen LogP contribution in [0.1, 0.15) is 79.5 Å². The first kappa shape index (κ1) is 42.2. The molecule has 5 fully saturated rings. The number of aromatic nitrogens is 7. The molecule has 2 N–H and O–H groups in total. The number of carbonyl (C=O) groups is 3. The Hall–Kier alpha value is -5.80. The lowest BCUT2D eigenvalue weighted by Gasteiger charge is -2.45. The number of rotatable bonds is 11. The molecular formula is C43H51F3N12O6. The summed E-state index contributed by atoms with van der Waals surface area (Å²) in [5, 5.41) is 13.5. The number of carbonyl (C=O) groups excluding carboxylic acids is 3. The fraction of sp³-hybridized carbons (Fsp3) is 0.558. The molecule has 0 radical (unpaired) electrons. The maximum Gasteiger partial charge on any atom is 0.329 e. The van der Waals surface area contributed by atoms with Gasteiger partial charge in [0.25, 0.3) is 12.3 Å². The Bertz CT molecular complexity index is 2630. The number of amides is 3. The number of aryl methyl sites for hydroxylation is 1. The normalized spacial score (nSPS) is 25.0. The smallest absolute Gasteiger partial charge is 0.329 e. The number of hydrogen-bond donors (Lipinski definition) is 2. The van der Waals surface area contributed by atoms with Gasteiger partial charge < -0.3 is 24.6 Å². The van der Waals surface area contributed by atoms with Crippen LogP contribution in [0.3, 0.4) is 0 Å². The van der Waals surface area contributed by atoms with Crippen LogP contribution >= 0.6 is 0 Å². The van der Waals surface area contributed by atoms with Crippen LogP contribution in [0.25, 0.3) is 16.7 Å². The quantitative estimate of drug-likeness (QED) is 0.185. The number of benzene rings is 1. The van der Waals surface area contributed by atoms with E-state index in [-0.39, 0.29) is 54.4 Å². The lowest BCUT2D eigenvalue weighted by atomic mass is 9.85. The number of imide groups is 1. The number of fused-ring (bicyclic) bond motifs is 2. The Morgan fingerprint density at radius 3 is 2.55 bits per heavy atom. The summed E-state index contributed by atoms with van der Waals surface area (Å²) >= 11 is 0. The van der Waals surface area contributed by atoms with E-state index >= 15 is 4.39 Å². The van der Waals surface area contributed by atoms with Gasteiger partial charge in [-0.1, -0.05) is 6.07 Å². The van der Waals surface area contributed by atoms with Gasteiger partial charge in [0.05, 0.1) is 60.1 Å². The highest BCUT2D eigenvalue weighted by Crippen LogP contribution is 2.37. The summed E-state index contributed by atoms with van der Waals surface area (Å²) in [6, 6.07) is 6.50. The number of para-hydroxylation sites is 1. The predicted octanol–water partition coefficient (Wildman–Crippen LogP) is 3.63. The minimum atomic E-state index is -2.90. The van der Waals surface area contributed by atoms with Gasteiger partial charge in [-0.25, -0.2) is 27.5 Å². The lowest BCUT2D eigenvalue weighted by Crippen LogP contribution is -2.56. The minimum Gasteiger partial charge on any atom is -0.378 e. The van der Waals surface area contributed by atoms with Crippen LogP contribution in [-0.2, 0) is 26.1 Å². The molecule has 1 saturated carbocycles. The highest BCUT2D eigenvalue weighted by Gasteiger charge is 2.39. The SMILES string of the molecule is Cn1c(=O)n(C2CCC(=O)NC2=O)c2cccc(N3CC(O[C@H]4CCN(CC5CCC(n6cc(NC(=O)c7cnn8ccc(N9CCOCC9)nc78)c(C(F)F)n6)CC5)C[C@H]4F)C3)c21. The second-order valence-corrected chi connectivity index (χ2v) is 17.6. The van der Waals surface area contributed by atoms with Crippen molar-refractivity contribution in [3.63, 3.8) is 0 Å². The number of ether oxygens (including phenoxy) is 2. The third kappa shape index (κ3) is 8.01. The molecule has 4 aromatic heterocycles. The average Bonchev–Trinajstić information content (AvgIpc) is 3.97. The zero-order valence-corrected chi connectivity index (χ0v) is 35.5. The largest absolute Gasteiger partial charge is 0.378 e. The summed E-state index contributed by atoms with van der Waals surface area (Å²) < 4.78 is 62.0. The summed E-state index contributed by atoms with van der Waals surface area (Å²) in [6.45, 7) is 5.24. The lowest BCUT2D eigenvalue weighted by molar-refractivity contribution is -0.135. The number of halogens is 3. The number of anilines is 3. The van der Waals surface area contributed by atoms with E-state index in [4.69, 9.17) is 9.47 Å². The fourth-order valence-electron chi connectivity index (χ4n) is 10.1. The van der Waals surface area contributed by atoms with E-state index in [0.717, 1.165) is 25.1 Å². The molecule has 5 aliphatic rings. The van der Waals surface area contributed by atoms with E-state index in [1.54, 1.807) is 24.0 Å². The maximum atomic E-state index is 15.7. The van der Waals surface area contributed by atoms with Crippen LogP contribution < -0.4 is 26.1 Å². The Morgan fingerprint density at radius 2 is 1.80 bits per heavy atom. The number of likely N-dealkylation sites (tertiary alicyclic amines) is 1. The molecule has 21 heteroatoms. The maximum absolute atomic E-state index is 15.7. The monoisotopic (exact) mass is 888 g/mol. The van der Waals surface area contributed by atoms with Gasteiger partial charge >= 0.3 is 5.69 Å². The van der Waals surface area contributed by atoms with Crippen molar-refractivity contribution in [1.82, 2.24) is 43.7 Å². The Balaban J connectivity index is 0.704. The van der Waals surface area contributed by atoms with E-state index in [1.165, 1.54) is 26.0 Å². The van der Waals surface area contributed by atoms with Gasteiger partial charge in [-0.05, 0) is 62.6 Å². The van der Waals surface area contributed by atoms with Crippen LogP contribution in [0.2, 0.25) is 0 Å². The van der Waals surface area contributed by atoms with E-state index in [1.807, 2.05) is 18.2 Å². The van der Waals surface area contributed by atoms with Crippen molar-refractivity contribution in [2.24, 2.45) is 13.0 Å². The first-order valence-corrected chi connectivity index (χ1v) is 22.1. The van der Waals surface area contributed by atoms with Gasteiger partial charge in [-0.2, -0.15) is 10.2 Å². The number of alkyl halides is 3. The summed E-state index contributed by atoms with van der Waals surface area (Å²) in [7, 11) is 1.67. The molecule has 8 heterocycles. The molecule has 1 unspecified atom stereocenters. The highest BCUT2D eigenvalue weighted by molar-refractivity contribution is 6.08. The number of imidazole rings is 1. The van der Waals surface area contributed by atoms with Crippen molar-refractivity contribution in [1.29, 1.82) is 0 Å². The molecular weight excluding hydrogens is 838 g/mol. The number of piperidine rings is 2. The van der Waals surface area contributed by atoms with Crippen molar-refractivity contribution < 1.29 is 37.0 Å². The number of morpholine rings is 1. The Morgan fingerprint density at radius 1 is 1.00 bits per heavy atom. The van der Waals surface area contributed by atoms with Gasteiger partial charge in [0.15, 0.2) is 11.3 Å². The van der Waals surface area contributed by atoms with E-state index in [9.17, 15) is 28.0 Å². The van der Waals surface area contributed by atoms with Crippen LogP contribution in [0.5, 0.6) is 0 Å². The molecule has 64 heavy (non-hydrogen) atoms. The van der Waals surface area contributed by atoms with Crippen LogP contribution in [-0.4, -0.2) is 134 Å². The van der Waals surface area contributed by atoms with E-state index in [2.05, 4.69) is 40.5 Å². The first-order chi connectivity index (χ1) is 31.0. The minimum absolute atomic E-state index is 0.0504. The third-order valence-corrected chi connectivity index (χ3v) is 13.6. The molecule has 3 atom stereocenters. The zero-order chi connectivity index (χ0) is 44.2. The summed E-state index contributed by atoms with van der Waals surface area (Å²) in [4.78, 5) is 62.2. The molecule has 4 aliphatic heterocycles. The Labute approximate surface area is 365 Å². The van der Waals surface area contributed by atoms with Gasteiger partial charge in [0, 0.05) is 71.7 Å². The van der Waals surface area contributed by atoms with Crippen molar-refractivity contribution in [3.05, 3.63) is 64.6 Å². The van der Waals surface area contributed by atoms with E-state index < -0.39 is 42.3 Å². The van der Waals surface area contributed by atoms with Crippen molar-refractivity contribution in [2.45, 2.75) is 81.8 Å². The van der Waals surface area contributed by atoms with Crippen LogP contribution in [0.15, 0.2) is 47.7 Å². The predicted molar refractivity (Wildman–Crippen MR) is 228 cm³/mol. The molecule has 10 rings (SSSR count). The molecule has 1 aromatic carbocycles. The second kappa shape index (κ2) is 17.3. The van der Waals surface area contributed by atoms with Gasteiger partial charge in [0.2, 0.25) is 11.8 Å². The number of hydrogen-bond acceptors (Lipinski definition) is 12. The van der Waals surface area contributed by atoms with Crippen molar-refractivity contribution >= 4 is 51.6 Å². The van der Waals surface area contributed by atoms with Crippen LogP contribution in [0, 0.1) is 5.92 Å². The molecule has 0 spiro atoms. The van der Waals surface area contributed by atoms with Crippen LogP contribution in [0.4, 0.5) is 30.4 Å². The van der Waals surface area contributed by atoms with Gasteiger partial charge in [-0.15, -0.1) is 0 Å². The molecule has 1 aliphatic carbocycles. The zero-order valence-electron chi connectivity index (χ0n) is 35.5. The standard InChI is InChI=1S/C43H51F3N12O6/c1-52-38-31(3-2-4-32(38)58(43(52)62)33-9-10-36(59)50-42(33)61)55-21-27(22-55)64-34-11-13-53(23-29(34)44)20-25-5-7-26(8-6-25)57-24-30(37(51-57)39(45)46)48-41(60)28-19-47-56-14-12-35(49-40(28)56)54-15-17-63-18-16-54/h2-4,12,14,19,24-27,29,33-34,39H,5-11,13,15-18,20-23H2,1H3,(H,48,60)(H,50,59,61)/t25?,26?,29-,33?,34+/m1/s1. The second-order valence-electron chi connectivity index (χ2n) is 17.6. The summed E-state index contributed by atoms with van der Waals surface area (Å²) in [6.07, 6.45) is 3.89. The van der Waals surface area contributed by atoms with E-state index in [0.29, 0.717) is 93.6 Å². The van der Waals surface area contributed by atoms with Gasteiger partial charge in [-0.3, -0.25) is 38.4 Å². The highest BCUT2D eigenvalue weighted by atomic mass is 19.3. The molecule has 340 valence electrons. The molecule has 5 aromatic rings. The number of nitrogens with zero attached hydrogens (tertiary/aromatic N) is 10. The van der Waals surface area contributed by atoms with Crippen molar-refractivity contribution in [2.75, 3.05) is 74.1 Å². The summed E-state index contributed by atoms with van der Waals surface area (Å²) in [5.74, 6) is -0.440. The summed E-state index contributed by atoms with van der Waals surface area (Å²) in [5.41, 5.74) is 1.73.